The van der Waals surface area contributed by atoms with Crippen molar-refractivity contribution in [2.24, 2.45) is 0 Å². The Labute approximate surface area is 205 Å². The molecule has 5 rings (SSSR count). The number of amides is 1. The number of fused-ring (bicyclic) bond motifs is 1. The molecule has 178 valence electrons. The van der Waals surface area contributed by atoms with E-state index in [0.717, 1.165) is 40.0 Å². The van der Waals surface area contributed by atoms with E-state index >= 15 is 0 Å². The number of rotatable bonds is 7. The lowest BCUT2D eigenvalue weighted by Crippen LogP contribution is -2.30. The van der Waals surface area contributed by atoms with Crippen molar-refractivity contribution in [3.63, 3.8) is 0 Å². The van der Waals surface area contributed by atoms with Gasteiger partial charge >= 0.3 is 0 Å². The number of phenols is 1. The number of phenolic OH excluding ortho intramolecular Hbond substituents is 1. The molecule has 1 atom stereocenters. The maximum absolute atomic E-state index is 13.4. The molecule has 1 aromatic heterocycles. The summed E-state index contributed by atoms with van der Waals surface area (Å²) in [7, 11) is 0. The van der Waals surface area contributed by atoms with Crippen molar-refractivity contribution in [3.8, 4) is 22.8 Å². The van der Waals surface area contributed by atoms with E-state index in [1.807, 2.05) is 79.4 Å². The van der Waals surface area contributed by atoms with Crippen molar-refractivity contribution < 1.29 is 14.6 Å². The molecule has 2 N–H and O–H groups in total. The Kier molecular flexibility index (Phi) is 6.03. The van der Waals surface area contributed by atoms with E-state index in [0.29, 0.717) is 30.1 Å². The Morgan fingerprint density at radius 1 is 1.03 bits per heavy atom. The van der Waals surface area contributed by atoms with Gasteiger partial charge in [0.05, 0.1) is 6.04 Å². The standard InChI is InChI=1S/C29H29N3O3/c1-4-13-32-28(21-11-8-12-22(16-21)35-17-20-9-6-5-7-10-20)25-26(30-31-27(25)29(32)34)23-14-18(2)19(3)15-24(23)33/h5-12,14-16,28,33H,4,13,17H2,1-3H3,(H,30,31). The van der Waals surface area contributed by atoms with Crippen molar-refractivity contribution in [2.45, 2.75) is 39.8 Å². The largest absolute Gasteiger partial charge is 0.507 e. The lowest BCUT2D eigenvalue weighted by molar-refractivity contribution is 0.0743. The van der Waals surface area contributed by atoms with E-state index in [4.69, 9.17) is 4.74 Å². The monoisotopic (exact) mass is 467 g/mol. The highest BCUT2D eigenvalue weighted by atomic mass is 16.5. The third-order valence-electron chi connectivity index (χ3n) is 6.62. The fourth-order valence-corrected chi connectivity index (χ4v) is 4.73. The van der Waals surface area contributed by atoms with Crippen LogP contribution in [0.3, 0.4) is 0 Å². The predicted molar refractivity (Wildman–Crippen MR) is 136 cm³/mol. The molecule has 0 aliphatic carbocycles. The summed E-state index contributed by atoms with van der Waals surface area (Å²) in [5.41, 5.74) is 6.59. The van der Waals surface area contributed by atoms with Gasteiger partial charge in [-0.1, -0.05) is 49.4 Å². The first-order valence-corrected chi connectivity index (χ1v) is 11.9. The summed E-state index contributed by atoms with van der Waals surface area (Å²) in [5.74, 6) is 0.815. The van der Waals surface area contributed by atoms with Gasteiger partial charge in [-0.2, -0.15) is 5.10 Å². The molecule has 0 fully saturated rings. The highest BCUT2D eigenvalue weighted by molar-refractivity contribution is 6.00. The van der Waals surface area contributed by atoms with Gasteiger partial charge in [0.1, 0.15) is 29.5 Å². The van der Waals surface area contributed by atoms with Crippen LogP contribution in [-0.4, -0.2) is 32.7 Å². The number of hydrogen-bond acceptors (Lipinski definition) is 4. The number of ether oxygens (including phenoxy) is 1. The Bertz CT molecular complexity index is 1380. The number of carbonyl (C=O) groups excluding carboxylic acids is 1. The van der Waals surface area contributed by atoms with Crippen LogP contribution in [-0.2, 0) is 6.61 Å². The summed E-state index contributed by atoms with van der Waals surface area (Å²) < 4.78 is 6.08. The molecule has 0 bridgehead atoms. The van der Waals surface area contributed by atoms with E-state index in [9.17, 15) is 9.90 Å². The molecule has 2 heterocycles. The predicted octanol–water partition coefficient (Wildman–Crippen LogP) is 5.93. The van der Waals surface area contributed by atoms with Crippen molar-refractivity contribution in [1.82, 2.24) is 15.1 Å². The van der Waals surface area contributed by atoms with Crippen LogP contribution in [0.15, 0.2) is 66.7 Å². The number of hydrogen-bond donors (Lipinski definition) is 2. The summed E-state index contributed by atoms with van der Waals surface area (Å²) in [5, 5.41) is 18.2. The molecule has 0 radical (unpaired) electrons. The highest BCUT2D eigenvalue weighted by Gasteiger charge is 2.42. The van der Waals surface area contributed by atoms with E-state index < -0.39 is 0 Å². The molecule has 1 aliphatic heterocycles. The fraction of sp³-hybridized carbons (Fsp3) is 0.241. The van der Waals surface area contributed by atoms with Crippen LogP contribution < -0.4 is 4.74 Å². The smallest absolute Gasteiger partial charge is 0.273 e. The number of aromatic hydroxyl groups is 1. The molecular formula is C29H29N3O3. The van der Waals surface area contributed by atoms with E-state index in [1.54, 1.807) is 6.07 Å². The maximum atomic E-state index is 13.4. The first kappa shape index (κ1) is 22.7. The van der Waals surface area contributed by atoms with Gasteiger partial charge in [0.15, 0.2) is 0 Å². The van der Waals surface area contributed by atoms with Gasteiger partial charge < -0.3 is 14.7 Å². The third kappa shape index (κ3) is 4.16. The molecule has 6 heteroatoms. The molecule has 1 amide bonds. The molecule has 4 aromatic rings. The Balaban J connectivity index is 1.56. The molecule has 3 aromatic carbocycles. The number of nitrogens with one attached hydrogen (secondary N) is 1. The number of aromatic nitrogens is 2. The molecule has 35 heavy (non-hydrogen) atoms. The second kappa shape index (κ2) is 9.29. The van der Waals surface area contributed by atoms with Crippen LogP contribution in [0.1, 0.15) is 57.7 Å². The lowest BCUT2D eigenvalue weighted by atomic mass is 9.94. The van der Waals surface area contributed by atoms with Crippen LogP contribution in [0.4, 0.5) is 0 Å². The molecule has 1 unspecified atom stereocenters. The SMILES string of the molecule is CCCN1C(=O)c2[nH]nc(-c3cc(C)c(C)cc3O)c2C1c1cccc(OCc2ccccc2)c1. The lowest BCUT2D eigenvalue weighted by Gasteiger charge is -2.26. The molecule has 0 spiro atoms. The Morgan fingerprint density at radius 2 is 1.80 bits per heavy atom. The van der Waals surface area contributed by atoms with Gasteiger partial charge in [-0.25, -0.2) is 0 Å². The summed E-state index contributed by atoms with van der Waals surface area (Å²) in [6, 6.07) is 21.3. The summed E-state index contributed by atoms with van der Waals surface area (Å²) in [6.07, 6.45) is 0.828. The molecule has 0 saturated carbocycles. The first-order valence-electron chi connectivity index (χ1n) is 11.9. The number of aryl methyl sites for hydroxylation is 2. The normalized spacial score (nSPS) is 14.9. The third-order valence-corrected chi connectivity index (χ3v) is 6.62. The Hall–Kier alpha value is -4.06. The van der Waals surface area contributed by atoms with Crippen LogP contribution in [0.5, 0.6) is 11.5 Å². The van der Waals surface area contributed by atoms with Gasteiger partial charge in [0.25, 0.3) is 5.91 Å². The molecule has 6 nitrogen and oxygen atoms in total. The van der Waals surface area contributed by atoms with Crippen molar-refractivity contribution in [1.29, 1.82) is 0 Å². The first-order chi connectivity index (χ1) is 17.0. The second-order valence-corrected chi connectivity index (χ2v) is 9.06. The van der Waals surface area contributed by atoms with Crippen LogP contribution in [0, 0.1) is 13.8 Å². The van der Waals surface area contributed by atoms with Gasteiger partial charge in [0.2, 0.25) is 0 Å². The minimum Gasteiger partial charge on any atom is -0.507 e. The number of benzene rings is 3. The topological polar surface area (TPSA) is 78.5 Å². The molecule has 0 saturated heterocycles. The van der Waals surface area contributed by atoms with Gasteiger partial charge in [-0.3, -0.25) is 9.89 Å². The van der Waals surface area contributed by atoms with Crippen molar-refractivity contribution in [2.75, 3.05) is 6.54 Å². The summed E-state index contributed by atoms with van der Waals surface area (Å²) >= 11 is 0. The maximum Gasteiger partial charge on any atom is 0.273 e. The zero-order chi connectivity index (χ0) is 24.5. The average molecular weight is 468 g/mol. The quantitative estimate of drug-likeness (QED) is 0.353. The Morgan fingerprint density at radius 3 is 2.57 bits per heavy atom. The second-order valence-electron chi connectivity index (χ2n) is 9.06. The highest BCUT2D eigenvalue weighted by Crippen LogP contribution is 2.45. The van der Waals surface area contributed by atoms with E-state index in [2.05, 4.69) is 17.1 Å². The van der Waals surface area contributed by atoms with Crippen LogP contribution >= 0.6 is 0 Å². The minimum absolute atomic E-state index is 0.0791. The molecule has 1 aliphatic rings. The zero-order valence-electron chi connectivity index (χ0n) is 20.2. The molecular weight excluding hydrogens is 438 g/mol. The fourth-order valence-electron chi connectivity index (χ4n) is 4.73. The number of carbonyl (C=O) groups is 1. The van der Waals surface area contributed by atoms with Crippen molar-refractivity contribution >= 4 is 5.91 Å². The van der Waals surface area contributed by atoms with Gasteiger partial charge in [0, 0.05) is 17.7 Å². The van der Waals surface area contributed by atoms with E-state index in [-0.39, 0.29) is 17.7 Å². The summed E-state index contributed by atoms with van der Waals surface area (Å²) in [6.45, 7) is 7.10. The van der Waals surface area contributed by atoms with Crippen molar-refractivity contribution in [3.05, 3.63) is 100 Å². The van der Waals surface area contributed by atoms with Gasteiger partial charge in [-0.15, -0.1) is 0 Å². The van der Waals surface area contributed by atoms with E-state index in [1.165, 1.54) is 0 Å². The average Bonchev–Trinajstić information content (AvgIpc) is 3.40. The summed E-state index contributed by atoms with van der Waals surface area (Å²) in [4.78, 5) is 15.3. The van der Waals surface area contributed by atoms with Crippen LogP contribution in [0.25, 0.3) is 11.3 Å². The number of aromatic amines is 1. The minimum atomic E-state index is -0.326. The van der Waals surface area contributed by atoms with Gasteiger partial charge in [-0.05, 0) is 66.8 Å². The zero-order valence-corrected chi connectivity index (χ0v) is 20.2. The number of H-pyrrole nitrogens is 1. The van der Waals surface area contributed by atoms with Crippen LogP contribution in [0.2, 0.25) is 0 Å². The number of nitrogens with zero attached hydrogens (tertiary/aromatic N) is 2.